The molecule has 0 amide bonds. The number of β-amino-alcohol motifs (C(OH)–C–C–N with tert-alkyl or cyclic N) is 1. The van der Waals surface area contributed by atoms with E-state index in [1.807, 2.05) is 48.2 Å². The largest absolute Gasteiger partial charge is 0.478 e. The molecular formula is C21H22N4O3. The van der Waals surface area contributed by atoms with Crippen LogP contribution in [0, 0.1) is 12.8 Å². The first-order valence-electron chi connectivity index (χ1n) is 9.25. The number of aliphatic hydroxyl groups is 1. The second-order valence-corrected chi connectivity index (χ2v) is 7.22. The third-order valence-electron chi connectivity index (χ3n) is 5.11. The number of hydrogen-bond acceptors (Lipinski definition) is 5. The fourth-order valence-electron chi connectivity index (χ4n) is 3.70. The van der Waals surface area contributed by atoms with Gasteiger partial charge in [0.2, 0.25) is 0 Å². The summed E-state index contributed by atoms with van der Waals surface area (Å²) in [5, 5.41) is 27.3. The van der Waals surface area contributed by atoms with Crippen LogP contribution >= 0.6 is 0 Å². The van der Waals surface area contributed by atoms with Crippen LogP contribution in [0.5, 0.6) is 0 Å². The zero-order chi connectivity index (χ0) is 19.7. The van der Waals surface area contributed by atoms with Crippen LogP contribution in [0.4, 0.5) is 5.82 Å². The number of benzene rings is 1. The molecule has 28 heavy (non-hydrogen) atoms. The average Bonchev–Trinajstić information content (AvgIpc) is 3.27. The van der Waals surface area contributed by atoms with Crippen LogP contribution < -0.4 is 4.90 Å². The number of aromatic nitrogens is 3. The molecule has 3 N–H and O–H groups in total. The molecule has 0 unspecified atom stereocenters. The molecule has 1 aliphatic rings. The number of aliphatic hydroxyl groups excluding tert-OH is 1. The van der Waals surface area contributed by atoms with E-state index in [1.54, 1.807) is 12.1 Å². The van der Waals surface area contributed by atoms with Gasteiger partial charge < -0.3 is 15.1 Å². The van der Waals surface area contributed by atoms with Gasteiger partial charge in [-0.05, 0) is 31.5 Å². The number of carbonyl (C=O) groups is 1. The normalized spacial score (nSPS) is 19.1. The van der Waals surface area contributed by atoms with Gasteiger partial charge in [-0.15, -0.1) is 0 Å². The lowest BCUT2D eigenvalue weighted by atomic mass is 10.0. The Morgan fingerprint density at radius 3 is 2.68 bits per heavy atom. The highest BCUT2D eigenvalue weighted by Crippen LogP contribution is 2.30. The van der Waals surface area contributed by atoms with Gasteiger partial charge in [0, 0.05) is 30.3 Å². The molecule has 0 spiro atoms. The maximum Gasteiger partial charge on any atom is 0.339 e. The molecule has 0 saturated carbocycles. The minimum atomic E-state index is -1.03. The van der Waals surface area contributed by atoms with Crippen molar-refractivity contribution in [2.24, 2.45) is 5.92 Å². The first kappa shape index (κ1) is 18.2. The Morgan fingerprint density at radius 1 is 1.21 bits per heavy atom. The minimum Gasteiger partial charge on any atom is -0.478 e. The molecule has 0 bridgehead atoms. The van der Waals surface area contributed by atoms with Gasteiger partial charge in [-0.1, -0.05) is 30.3 Å². The van der Waals surface area contributed by atoms with Crippen LogP contribution in [0.15, 0.2) is 48.5 Å². The number of carboxylic acids is 1. The Labute approximate surface area is 162 Å². The number of rotatable bonds is 5. The van der Waals surface area contributed by atoms with E-state index in [2.05, 4.69) is 15.2 Å². The Kier molecular flexibility index (Phi) is 4.83. The maximum absolute atomic E-state index is 11.7. The fourth-order valence-corrected chi connectivity index (χ4v) is 3.70. The Balaban J connectivity index is 1.63. The molecule has 1 fully saturated rings. The minimum absolute atomic E-state index is 0.0356. The van der Waals surface area contributed by atoms with Crippen molar-refractivity contribution in [3.8, 4) is 11.3 Å². The lowest BCUT2D eigenvalue weighted by Gasteiger charge is -2.20. The Bertz CT molecular complexity index is 986. The van der Waals surface area contributed by atoms with Crippen LogP contribution in [0.1, 0.15) is 21.7 Å². The molecule has 3 heterocycles. The predicted molar refractivity (Wildman–Crippen MR) is 105 cm³/mol. The number of aromatic amines is 1. The van der Waals surface area contributed by atoms with Crippen LogP contribution in [0.3, 0.4) is 0 Å². The van der Waals surface area contributed by atoms with Crippen molar-refractivity contribution in [1.82, 2.24) is 15.2 Å². The number of H-pyrrole nitrogens is 1. The summed E-state index contributed by atoms with van der Waals surface area (Å²) in [4.78, 5) is 18.2. The lowest BCUT2D eigenvalue weighted by molar-refractivity contribution is 0.0697. The lowest BCUT2D eigenvalue weighted by Crippen LogP contribution is -2.24. The molecule has 1 saturated heterocycles. The molecule has 144 valence electrons. The molecular weight excluding hydrogens is 356 g/mol. The number of aromatic carboxylic acids is 1. The summed E-state index contributed by atoms with van der Waals surface area (Å²) in [6, 6.07) is 14.9. The smallest absolute Gasteiger partial charge is 0.339 e. The zero-order valence-corrected chi connectivity index (χ0v) is 15.5. The van der Waals surface area contributed by atoms with Crippen LogP contribution in [-0.4, -0.2) is 50.6 Å². The number of nitrogens with one attached hydrogen (secondary N) is 1. The van der Waals surface area contributed by atoms with Crippen LogP contribution in [0.25, 0.3) is 11.3 Å². The van der Waals surface area contributed by atoms with E-state index in [0.717, 1.165) is 17.0 Å². The van der Waals surface area contributed by atoms with Gasteiger partial charge in [-0.2, -0.15) is 5.10 Å². The highest BCUT2D eigenvalue weighted by atomic mass is 16.4. The highest BCUT2D eigenvalue weighted by molar-refractivity contribution is 5.94. The van der Waals surface area contributed by atoms with E-state index in [1.165, 1.54) is 0 Å². The number of pyridine rings is 1. The number of aryl methyl sites for hydroxylation is 1. The predicted octanol–water partition coefficient (Wildman–Crippen LogP) is 2.52. The Morgan fingerprint density at radius 2 is 2.00 bits per heavy atom. The molecule has 0 radical (unpaired) electrons. The van der Waals surface area contributed by atoms with Crippen molar-refractivity contribution >= 4 is 11.8 Å². The summed E-state index contributed by atoms with van der Waals surface area (Å²) in [5.41, 5.74) is 3.64. The summed E-state index contributed by atoms with van der Waals surface area (Å²) < 4.78 is 0. The van der Waals surface area contributed by atoms with Crippen molar-refractivity contribution in [3.63, 3.8) is 0 Å². The highest BCUT2D eigenvalue weighted by Gasteiger charge is 2.34. The van der Waals surface area contributed by atoms with Crippen LogP contribution in [0.2, 0.25) is 0 Å². The van der Waals surface area contributed by atoms with Gasteiger partial charge in [-0.25, -0.2) is 9.78 Å². The SMILES string of the molecule is Cc1cc(C[C@@H]2CN(c3nc(-c4ccccc4)ccc3C(=O)O)C[C@H]2O)n[nH]1. The van der Waals surface area contributed by atoms with E-state index in [9.17, 15) is 15.0 Å². The molecule has 7 heteroatoms. The monoisotopic (exact) mass is 378 g/mol. The first-order chi connectivity index (χ1) is 13.5. The molecule has 4 rings (SSSR count). The standard InChI is InChI=1S/C21H22N4O3/c1-13-9-16(24-23-13)10-15-11-25(12-19(15)26)20-17(21(27)28)7-8-18(22-20)14-5-3-2-4-6-14/h2-9,15,19,26H,10-12H2,1H3,(H,23,24)(H,27,28)/t15-,19-/m1/s1. The maximum atomic E-state index is 11.7. The van der Waals surface area contributed by atoms with Gasteiger partial charge in [0.25, 0.3) is 0 Å². The van der Waals surface area contributed by atoms with Gasteiger partial charge >= 0.3 is 5.97 Å². The molecule has 0 aliphatic carbocycles. The average molecular weight is 378 g/mol. The van der Waals surface area contributed by atoms with Crippen LogP contribution in [-0.2, 0) is 6.42 Å². The van der Waals surface area contributed by atoms with Gasteiger partial charge in [0.05, 0.1) is 17.5 Å². The van der Waals surface area contributed by atoms with E-state index < -0.39 is 12.1 Å². The van der Waals surface area contributed by atoms with Gasteiger partial charge in [0.15, 0.2) is 0 Å². The van der Waals surface area contributed by atoms with Crippen molar-refractivity contribution in [2.75, 3.05) is 18.0 Å². The number of nitrogens with zero attached hydrogens (tertiary/aromatic N) is 3. The third kappa shape index (κ3) is 3.61. The van der Waals surface area contributed by atoms with Crippen molar-refractivity contribution < 1.29 is 15.0 Å². The first-order valence-corrected chi connectivity index (χ1v) is 9.25. The molecule has 2 atom stereocenters. The van der Waals surface area contributed by atoms with E-state index >= 15 is 0 Å². The Hall–Kier alpha value is -3.19. The van der Waals surface area contributed by atoms with E-state index in [0.29, 0.717) is 31.0 Å². The summed E-state index contributed by atoms with van der Waals surface area (Å²) in [6.07, 6.45) is 0.0591. The van der Waals surface area contributed by atoms with E-state index in [4.69, 9.17) is 0 Å². The number of carboxylic acid groups (broad SMARTS) is 1. The second kappa shape index (κ2) is 7.44. The van der Waals surface area contributed by atoms with E-state index in [-0.39, 0.29) is 11.5 Å². The molecule has 7 nitrogen and oxygen atoms in total. The summed E-state index contributed by atoms with van der Waals surface area (Å²) in [6.45, 7) is 2.81. The quantitative estimate of drug-likeness (QED) is 0.630. The fraction of sp³-hybridized carbons (Fsp3) is 0.286. The van der Waals surface area contributed by atoms with Crippen molar-refractivity contribution in [3.05, 3.63) is 65.5 Å². The van der Waals surface area contributed by atoms with Gasteiger partial charge in [-0.3, -0.25) is 5.10 Å². The molecule has 2 aromatic heterocycles. The molecule has 1 aromatic carbocycles. The summed E-state index contributed by atoms with van der Waals surface area (Å²) in [7, 11) is 0. The molecule has 3 aromatic rings. The molecule has 1 aliphatic heterocycles. The van der Waals surface area contributed by atoms with Crippen molar-refractivity contribution in [2.45, 2.75) is 19.4 Å². The number of anilines is 1. The summed E-state index contributed by atoms with van der Waals surface area (Å²) in [5.74, 6) is -0.664. The topological polar surface area (TPSA) is 102 Å². The van der Waals surface area contributed by atoms with Gasteiger partial charge in [0.1, 0.15) is 11.4 Å². The number of hydrogen-bond donors (Lipinski definition) is 3. The summed E-state index contributed by atoms with van der Waals surface area (Å²) >= 11 is 0. The van der Waals surface area contributed by atoms with Crippen molar-refractivity contribution in [1.29, 1.82) is 0 Å². The zero-order valence-electron chi connectivity index (χ0n) is 15.5. The second-order valence-electron chi connectivity index (χ2n) is 7.22. The third-order valence-corrected chi connectivity index (χ3v) is 5.11.